The Bertz CT molecular complexity index is 274. The number of epoxide rings is 1. The Labute approximate surface area is 112 Å². The van der Waals surface area contributed by atoms with E-state index in [1.165, 1.54) is 44.9 Å². The molecule has 2 rings (SSSR count). The zero-order valence-corrected chi connectivity index (χ0v) is 12.6. The van der Waals surface area contributed by atoms with Crippen LogP contribution in [0.1, 0.15) is 72.6 Å². The van der Waals surface area contributed by atoms with Crippen molar-refractivity contribution in [3.05, 3.63) is 0 Å². The second kappa shape index (κ2) is 5.50. The minimum absolute atomic E-state index is 0.0273. The first-order valence-electron chi connectivity index (χ1n) is 7.80. The van der Waals surface area contributed by atoms with Crippen LogP contribution in [0.25, 0.3) is 0 Å². The predicted molar refractivity (Wildman–Crippen MR) is 74.8 cm³/mol. The molecule has 2 fully saturated rings. The van der Waals surface area contributed by atoms with E-state index in [0.29, 0.717) is 12.0 Å². The average Bonchev–Trinajstić information content (AvgIpc) is 2.99. The molecular formula is C16H30O2. The summed E-state index contributed by atoms with van der Waals surface area (Å²) >= 11 is 0. The van der Waals surface area contributed by atoms with Crippen LogP contribution in [0.5, 0.6) is 0 Å². The van der Waals surface area contributed by atoms with Crippen LogP contribution in [0.15, 0.2) is 0 Å². The van der Waals surface area contributed by atoms with E-state index in [1.807, 2.05) is 0 Å². The van der Waals surface area contributed by atoms with Gasteiger partial charge < -0.3 is 9.47 Å². The van der Waals surface area contributed by atoms with Gasteiger partial charge in [0.2, 0.25) is 0 Å². The highest BCUT2D eigenvalue weighted by atomic mass is 16.6. The number of fused-ring (bicyclic) bond motifs is 1. The van der Waals surface area contributed by atoms with Gasteiger partial charge in [0, 0.05) is 6.61 Å². The Morgan fingerprint density at radius 2 is 2.06 bits per heavy atom. The van der Waals surface area contributed by atoms with E-state index in [-0.39, 0.29) is 11.2 Å². The Hall–Kier alpha value is -0.0800. The third kappa shape index (κ3) is 3.27. The van der Waals surface area contributed by atoms with Gasteiger partial charge in [0.15, 0.2) is 0 Å². The summed E-state index contributed by atoms with van der Waals surface area (Å²) in [6.07, 6.45) is 9.32. The number of hydrogen-bond acceptors (Lipinski definition) is 2. The van der Waals surface area contributed by atoms with Crippen LogP contribution in [0, 0.1) is 5.92 Å². The van der Waals surface area contributed by atoms with Crippen molar-refractivity contribution in [2.75, 3.05) is 6.61 Å². The normalized spacial score (nSPS) is 35.3. The Morgan fingerprint density at radius 1 is 1.28 bits per heavy atom. The van der Waals surface area contributed by atoms with Crippen molar-refractivity contribution >= 4 is 0 Å². The number of hydrogen-bond donors (Lipinski definition) is 0. The quantitative estimate of drug-likeness (QED) is 0.498. The highest BCUT2D eigenvalue weighted by Crippen LogP contribution is 2.51. The average molecular weight is 254 g/mol. The molecule has 3 unspecified atom stereocenters. The van der Waals surface area contributed by atoms with Gasteiger partial charge in [0.25, 0.3) is 0 Å². The van der Waals surface area contributed by atoms with E-state index in [9.17, 15) is 0 Å². The second-order valence-corrected chi connectivity index (χ2v) is 6.90. The SMILES string of the molecule is CCCCCCOC(C)(C)C1CCC2(C)OC2C1. The van der Waals surface area contributed by atoms with Gasteiger partial charge in [-0.15, -0.1) is 0 Å². The summed E-state index contributed by atoms with van der Waals surface area (Å²) in [5, 5.41) is 0. The fourth-order valence-corrected chi connectivity index (χ4v) is 3.26. The zero-order chi connectivity index (χ0) is 13.2. The summed E-state index contributed by atoms with van der Waals surface area (Å²) in [7, 11) is 0. The molecule has 106 valence electrons. The highest BCUT2D eigenvalue weighted by molar-refractivity contribution is 5.05. The van der Waals surface area contributed by atoms with Crippen LogP contribution >= 0.6 is 0 Å². The summed E-state index contributed by atoms with van der Waals surface area (Å²) in [4.78, 5) is 0. The van der Waals surface area contributed by atoms with E-state index in [4.69, 9.17) is 9.47 Å². The molecule has 0 aromatic carbocycles. The van der Waals surface area contributed by atoms with Gasteiger partial charge in [0.1, 0.15) is 0 Å². The fraction of sp³-hybridized carbons (Fsp3) is 1.00. The van der Waals surface area contributed by atoms with Crippen LogP contribution in [-0.2, 0) is 9.47 Å². The molecular weight excluding hydrogens is 224 g/mol. The topological polar surface area (TPSA) is 21.8 Å². The molecule has 0 radical (unpaired) electrons. The molecule has 2 nitrogen and oxygen atoms in total. The predicted octanol–water partition coefficient (Wildman–Crippen LogP) is 4.32. The molecule has 1 saturated carbocycles. The lowest BCUT2D eigenvalue weighted by molar-refractivity contribution is -0.0705. The first-order chi connectivity index (χ1) is 8.48. The van der Waals surface area contributed by atoms with Gasteiger partial charge in [-0.1, -0.05) is 26.2 Å². The Morgan fingerprint density at radius 3 is 2.72 bits per heavy atom. The third-order valence-corrected chi connectivity index (χ3v) is 4.98. The lowest BCUT2D eigenvalue weighted by Crippen LogP contribution is -2.39. The van der Waals surface area contributed by atoms with Gasteiger partial charge in [-0.3, -0.25) is 0 Å². The molecule has 0 amide bonds. The molecule has 1 aliphatic heterocycles. The third-order valence-electron chi connectivity index (χ3n) is 4.98. The molecule has 0 aromatic rings. The summed E-state index contributed by atoms with van der Waals surface area (Å²) in [6, 6.07) is 0. The van der Waals surface area contributed by atoms with Crippen molar-refractivity contribution in [1.29, 1.82) is 0 Å². The van der Waals surface area contributed by atoms with Crippen LogP contribution in [0.4, 0.5) is 0 Å². The van der Waals surface area contributed by atoms with Crippen molar-refractivity contribution in [1.82, 2.24) is 0 Å². The first kappa shape index (κ1) is 14.3. The molecule has 1 heterocycles. The maximum Gasteiger partial charge on any atom is 0.0920 e. The molecule has 1 aliphatic carbocycles. The van der Waals surface area contributed by atoms with Crippen LogP contribution < -0.4 is 0 Å². The number of rotatable bonds is 7. The maximum atomic E-state index is 6.16. The molecule has 0 bridgehead atoms. The smallest absolute Gasteiger partial charge is 0.0920 e. The van der Waals surface area contributed by atoms with Gasteiger partial charge >= 0.3 is 0 Å². The second-order valence-electron chi connectivity index (χ2n) is 6.90. The Kier molecular flexibility index (Phi) is 4.38. The van der Waals surface area contributed by atoms with Crippen molar-refractivity contribution in [2.24, 2.45) is 5.92 Å². The summed E-state index contributed by atoms with van der Waals surface area (Å²) in [5.74, 6) is 0.671. The van der Waals surface area contributed by atoms with Gasteiger partial charge in [0.05, 0.1) is 17.3 Å². The molecule has 3 atom stereocenters. The van der Waals surface area contributed by atoms with Crippen LogP contribution in [-0.4, -0.2) is 23.9 Å². The molecule has 1 saturated heterocycles. The molecule has 0 spiro atoms. The van der Waals surface area contributed by atoms with Crippen molar-refractivity contribution in [2.45, 2.75) is 89.9 Å². The number of unbranched alkanes of at least 4 members (excludes halogenated alkanes) is 3. The van der Waals surface area contributed by atoms with E-state index < -0.39 is 0 Å². The standard InChI is InChI=1S/C16H30O2/c1-5-6-7-8-11-17-15(2,3)13-9-10-16(4)14(12-13)18-16/h13-14H,5-12H2,1-4H3. The Balaban J connectivity index is 1.69. The lowest BCUT2D eigenvalue weighted by Gasteiger charge is -2.37. The van der Waals surface area contributed by atoms with E-state index in [1.54, 1.807) is 0 Å². The van der Waals surface area contributed by atoms with Crippen molar-refractivity contribution in [3.63, 3.8) is 0 Å². The zero-order valence-electron chi connectivity index (χ0n) is 12.6. The molecule has 0 aromatic heterocycles. The van der Waals surface area contributed by atoms with Gasteiger partial charge in [-0.25, -0.2) is 0 Å². The molecule has 2 aliphatic rings. The monoisotopic (exact) mass is 254 g/mol. The van der Waals surface area contributed by atoms with Crippen LogP contribution in [0.3, 0.4) is 0 Å². The minimum atomic E-state index is 0.0273. The summed E-state index contributed by atoms with van der Waals surface area (Å²) in [6.45, 7) is 9.96. The van der Waals surface area contributed by atoms with Crippen molar-refractivity contribution < 1.29 is 9.47 Å². The van der Waals surface area contributed by atoms with Gasteiger partial charge in [-0.2, -0.15) is 0 Å². The van der Waals surface area contributed by atoms with E-state index >= 15 is 0 Å². The van der Waals surface area contributed by atoms with E-state index in [2.05, 4.69) is 27.7 Å². The molecule has 0 N–H and O–H groups in total. The summed E-state index contributed by atoms with van der Waals surface area (Å²) in [5.41, 5.74) is 0.257. The van der Waals surface area contributed by atoms with Gasteiger partial charge in [-0.05, 0) is 52.4 Å². The fourth-order valence-electron chi connectivity index (χ4n) is 3.26. The maximum absolute atomic E-state index is 6.16. The first-order valence-corrected chi connectivity index (χ1v) is 7.80. The lowest BCUT2D eigenvalue weighted by atomic mass is 9.75. The summed E-state index contributed by atoms with van der Waals surface area (Å²) < 4.78 is 12.0. The highest BCUT2D eigenvalue weighted by Gasteiger charge is 2.57. The minimum Gasteiger partial charge on any atom is -0.375 e. The van der Waals surface area contributed by atoms with Crippen LogP contribution in [0.2, 0.25) is 0 Å². The van der Waals surface area contributed by atoms with E-state index in [0.717, 1.165) is 6.61 Å². The van der Waals surface area contributed by atoms with Crippen molar-refractivity contribution in [3.8, 4) is 0 Å². The molecule has 18 heavy (non-hydrogen) atoms. The number of ether oxygens (including phenoxy) is 2. The molecule has 2 heteroatoms. The largest absolute Gasteiger partial charge is 0.375 e.